The highest BCUT2D eigenvalue weighted by Crippen LogP contribution is 2.30. The number of nitrogens with zero attached hydrogens (tertiary/aromatic N) is 1. The first kappa shape index (κ1) is 16.5. The number of halogens is 1. The third kappa shape index (κ3) is 4.20. The molecule has 1 atom stereocenters. The monoisotopic (exact) mass is 282 g/mol. The minimum atomic E-state index is 0.224. The molecule has 19 heavy (non-hydrogen) atoms. The normalized spacial score (nSPS) is 13.8. The summed E-state index contributed by atoms with van der Waals surface area (Å²) in [5, 5.41) is 0.800. The third-order valence-electron chi connectivity index (χ3n) is 4.51. The molecule has 0 heterocycles. The zero-order valence-corrected chi connectivity index (χ0v) is 13.4. The van der Waals surface area contributed by atoms with Crippen molar-refractivity contribution in [3.63, 3.8) is 0 Å². The first-order valence-electron chi connectivity index (χ1n) is 7.13. The lowest BCUT2D eigenvalue weighted by Gasteiger charge is -2.37. The maximum atomic E-state index is 6.07. The average Bonchev–Trinajstić information content (AvgIpc) is 2.44. The van der Waals surface area contributed by atoms with Crippen molar-refractivity contribution < 1.29 is 0 Å². The molecule has 108 valence electrons. The summed E-state index contributed by atoms with van der Waals surface area (Å²) in [7, 11) is 2.17. The fourth-order valence-corrected chi connectivity index (χ4v) is 2.71. The van der Waals surface area contributed by atoms with Gasteiger partial charge in [0, 0.05) is 17.6 Å². The molecule has 0 fully saturated rings. The molecule has 0 aromatic heterocycles. The van der Waals surface area contributed by atoms with E-state index in [0.717, 1.165) is 31.0 Å². The van der Waals surface area contributed by atoms with Crippen LogP contribution in [-0.2, 0) is 0 Å². The van der Waals surface area contributed by atoms with Crippen LogP contribution in [0.1, 0.15) is 45.2 Å². The van der Waals surface area contributed by atoms with E-state index in [9.17, 15) is 0 Å². The van der Waals surface area contributed by atoms with Crippen LogP contribution in [0.2, 0.25) is 5.02 Å². The van der Waals surface area contributed by atoms with E-state index < -0.39 is 0 Å². The van der Waals surface area contributed by atoms with Gasteiger partial charge in [-0.1, -0.05) is 37.6 Å². The highest BCUT2D eigenvalue weighted by molar-refractivity contribution is 6.30. The van der Waals surface area contributed by atoms with Crippen molar-refractivity contribution >= 4 is 11.6 Å². The van der Waals surface area contributed by atoms with Gasteiger partial charge in [0.15, 0.2) is 0 Å². The molecule has 0 aliphatic rings. The lowest BCUT2D eigenvalue weighted by molar-refractivity contribution is 0.136. The summed E-state index contributed by atoms with van der Waals surface area (Å²) in [6, 6.07) is 8.46. The van der Waals surface area contributed by atoms with Gasteiger partial charge in [-0.3, -0.25) is 4.90 Å². The Bertz CT molecular complexity index is 380. The van der Waals surface area contributed by atoms with Gasteiger partial charge >= 0.3 is 0 Å². The standard InChI is InChI=1S/C16H27ClN2/c1-5-16(6-2,11-18)12-19(4)13(3)14-8-7-9-15(17)10-14/h7-10,13H,5-6,11-12,18H2,1-4H3. The molecule has 1 aromatic rings. The fraction of sp³-hybridized carbons (Fsp3) is 0.625. The van der Waals surface area contributed by atoms with Crippen molar-refractivity contribution in [1.82, 2.24) is 4.90 Å². The molecule has 0 radical (unpaired) electrons. The van der Waals surface area contributed by atoms with Gasteiger partial charge in [-0.05, 0) is 56.5 Å². The summed E-state index contributed by atoms with van der Waals surface area (Å²) in [4.78, 5) is 2.38. The first-order chi connectivity index (χ1) is 8.98. The van der Waals surface area contributed by atoms with E-state index in [0.29, 0.717) is 6.04 Å². The fourth-order valence-electron chi connectivity index (χ4n) is 2.51. The average molecular weight is 283 g/mol. The van der Waals surface area contributed by atoms with Crippen molar-refractivity contribution in [1.29, 1.82) is 0 Å². The van der Waals surface area contributed by atoms with Crippen LogP contribution >= 0.6 is 11.6 Å². The Hall–Kier alpha value is -0.570. The Morgan fingerprint density at radius 1 is 1.32 bits per heavy atom. The van der Waals surface area contributed by atoms with E-state index in [2.05, 4.69) is 38.8 Å². The zero-order chi connectivity index (χ0) is 14.5. The highest BCUT2D eigenvalue weighted by Gasteiger charge is 2.27. The second-order valence-corrected chi connectivity index (χ2v) is 5.99. The number of rotatable bonds is 7. The Morgan fingerprint density at radius 3 is 2.42 bits per heavy atom. The molecule has 0 bridgehead atoms. The Kier molecular flexibility index (Phi) is 6.31. The van der Waals surface area contributed by atoms with Crippen LogP contribution in [0.25, 0.3) is 0 Å². The van der Waals surface area contributed by atoms with Crippen molar-refractivity contribution in [2.24, 2.45) is 11.1 Å². The van der Waals surface area contributed by atoms with Crippen LogP contribution in [0.15, 0.2) is 24.3 Å². The molecule has 0 saturated carbocycles. The van der Waals surface area contributed by atoms with Crippen LogP contribution in [0.3, 0.4) is 0 Å². The second-order valence-electron chi connectivity index (χ2n) is 5.56. The summed E-state index contributed by atoms with van der Waals surface area (Å²) in [6.45, 7) is 8.44. The van der Waals surface area contributed by atoms with Gasteiger partial charge in [-0.25, -0.2) is 0 Å². The molecule has 0 spiro atoms. The van der Waals surface area contributed by atoms with E-state index in [1.54, 1.807) is 0 Å². The number of benzene rings is 1. The number of hydrogen-bond acceptors (Lipinski definition) is 2. The highest BCUT2D eigenvalue weighted by atomic mass is 35.5. The summed E-state index contributed by atoms with van der Waals surface area (Å²) in [5.41, 5.74) is 7.47. The minimum Gasteiger partial charge on any atom is -0.330 e. The van der Waals surface area contributed by atoms with E-state index in [4.69, 9.17) is 17.3 Å². The SMILES string of the molecule is CCC(CC)(CN)CN(C)C(C)c1cccc(Cl)c1. The molecule has 0 saturated heterocycles. The quantitative estimate of drug-likeness (QED) is 0.816. The van der Waals surface area contributed by atoms with Gasteiger partial charge < -0.3 is 5.73 Å². The summed E-state index contributed by atoms with van der Waals surface area (Å²) >= 11 is 6.07. The van der Waals surface area contributed by atoms with Gasteiger partial charge in [0.2, 0.25) is 0 Å². The van der Waals surface area contributed by atoms with Crippen LogP contribution in [0.5, 0.6) is 0 Å². The maximum Gasteiger partial charge on any atom is 0.0409 e. The second kappa shape index (κ2) is 7.28. The largest absolute Gasteiger partial charge is 0.330 e. The minimum absolute atomic E-state index is 0.224. The molecule has 2 N–H and O–H groups in total. The molecular formula is C16H27ClN2. The van der Waals surface area contributed by atoms with E-state index >= 15 is 0 Å². The van der Waals surface area contributed by atoms with Gasteiger partial charge in [0.05, 0.1) is 0 Å². The molecular weight excluding hydrogens is 256 g/mol. The lowest BCUT2D eigenvalue weighted by Crippen LogP contribution is -2.41. The van der Waals surface area contributed by atoms with E-state index in [1.807, 2.05) is 18.2 Å². The van der Waals surface area contributed by atoms with Crippen LogP contribution in [0.4, 0.5) is 0 Å². The van der Waals surface area contributed by atoms with Crippen molar-refractivity contribution in [3.05, 3.63) is 34.9 Å². The Balaban J connectivity index is 2.79. The first-order valence-corrected chi connectivity index (χ1v) is 7.51. The summed E-state index contributed by atoms with van der Waals surface area (Å²) in [6.07, 6.45) is 2.24. The van der Waals surface area contributed by atoms with Gasteiger partial charge in [-0.2, -0.15) is 0 Å². The van der Waals surface area contributed by atoms with E-state index in [1.165, 1.54) is 5.56 Å². The van der Waals surface area contributed by atoms with Crippen molar-refractivity contribution in [2.75, 3.05) is 20.1 Å². The molecule has 0 amide bonds. The van der Waals surface area contributed by atoms with Gasteiger partial charge in [-0.15, -0.1) is 0 Å². The molecule has 1 rings (SSSR count). The Morgan fingerprint density at radius 2 is 1.95 bits per heavy atom. The molecule has 2 nitrogen and oxygen atoms in total. The topological polar surface area (TPSA) is 29.3 Å². The molecule has 3 heteroatoms. The molecule has 1 unspecified atom stereocenters. The van der Waals surface area contributed by atoms with Gasteiger partial charge in [0.25, 0.3) is 0 Å². The summed E-state index contributed by atoms with van der Waals surface area (Å²) < 4.78 is 0. The van der Waals surface area contributed by atoms with Gasteiger partial charge in [0.1, 0.15) is 0 Å². The third-order valence-corrected chi connectivity index (χ3v) is 4.75. The predicted molar refractivity (Wildman–Crippen MR) is 84.6 cm³/mol. The smallest absolute Gasteiger partial charge is 0.0409 e. The van der Waals surface area contributed by atoms with Crippen molar-refractivity contribution in [3.8, 4) is 0 Å². The molecule has 0 aliphatic carbocycles. The van der Waals surface area contributed by atoms with Crippen molar-refractivity contribution in [2.45, 2.75) is 39.7 Å². The molecule has 1 aromatic carbocycles. The lowest BCUT2D eigenvalue weighted by atomic mass is 9.81. The van der Waals surface area contributed by atoms with E-state index in [-0.39, 0.29) is 5.41 Å². The predicted octanol–water partition coefficient (Wildman–Crippen LogP) is 4.10. The summed E-state index contributed by atoms with van der Waals surface area (Å²) in [5.74, 6) is 0. The maximum absolute atomic E-state index is 6.07. The van der Waals surface area contributed by atoms with Crippen LogP contribution < -0.4 is 5.73 Å². The van der Waals surface area contributed by atoms with Crippen LogP contribution in [-0.4, -0.2) is 25.0 Å². The number of hydrogen-bond donors (Lipinski definition) is 1. The van der Waals surface area contributed by atoms with Crippen LogP contribution in [0, 0.1) is 5.41 Å². The number of nitrogens with two attached hydrogens (primary N) is 1. The Labute approximate surface area is 122 Å². The molecule has 0 aliphatic heterocycles. The zero-order valence-electron chi connectivity index (χ0n) is 12.6.